The van der Waals surface area contributed by atoms with Gasteiger partial charge in [-0.15, -0.1) is 0 Å². The number of fused-ring (bicyclic) bond motifs is 1. The lowest BCUT2D eigenvalue weighted by molar-refractivity contribution is 0.451. The van der Waals surface area contributed by atoms with Crippen LogP contribution in [-0.4, -0.2) is 0 Å². The van der Waals surface area contributed by atoms with Gasteiger partial charge in [-0.3, -0.25) is 0 Å². The first kappa shape index (κ1) is 12.6. The van der Waals surface area contributed by atoms with E-state index in [0.717, 1.165) is 11.8 Å². The van der Waals surface area contributed by atoms with Crippen LogP contribution < -0.4 is 5.73 Å². The van der Waals surface area contributed by atoms with E-state index in [2.05, 4.69) is 12.1 Å². The van der Waals surface area contributed by atoms with Crippen molar-refractivity contribution in [1.82, 2.24) is 0 Å². The molecule has 106 valence electrons. The van der Waals surface area contributed by atoms with E-state index in [1.54, 1.807) is 6.07 Å². The number of rotatable bonds is 3. The molecule has 0 saturated heterocycles. The van der Waals surface area contributed by atoms with E-state index in [4.69, 9.17) is 10.2 Å². The first-order chi connectivity index (χ1) is 10.2. The van der Waals surface area contributed by atoms with Crippen LogP contribution in [0.4, 0.5) is 4.39 Å². The van der Waals surface area contributed by atoms with Gasteiger partial charge in [-0.05, 0) is 36.0 Å². The highest BCUT2D eigenvalue weighted by Gasteiger charge is 2.44. The van der Waals surface area contributed by atoms with Gasteiger partial charge in [-0.2, -0.15) is 0 Å². The molecule has 1 aliphatic carbocycles. The Labute approximate surface area is 122 Å². The number of para-hydroxylation sites is 1. The van der Waals surface area contributed by atoms with Gasteiger partial charge >= 0.3 is 0 Å². The predicted molar refractivity (Wildman–Crippen MR) is 80.4 cm³/mol. The molecule has 1 aliphatic rings. The van der Waals surface area contributed by atoms with Gasteiger partial charge < -0.3 is 10.2 Å². The highest BCUT2D eigenvalue weighted by molar-refractivity contribution is 5.78. The topological polar surface area (TPSA) is 39.2 Å². The summed E-state index contributed by atoms with van der Waals surface area (Å²) >= 11 is 0. The van der Waals surface area contributed by atoms with E-state index >= 15 is 0 Å². The molecule has 3 aromatic rings. The highest BCUT2D eigenvalue weighted by Crippen LogP contribution is 2.53. The van der Waals surface area contributed by atoms with Crippen molar-refractivity contribution in [2.45, 2.75) is 18.4 Å². The molecule has 2 aromatic carbocycles. The van der Waals surface area contributed by atoms with Crippen LogP contribution in [0.25, 0.3) is 11.0 Å². The molecule has 3 heteroatoms. The standard InChI is InChI=1S/C18H16FNO/c19-15-8-4-7-12-9-16(21-18(12)15)17(20)14-10-13(14)11-5-2-1-3-6-11/h1-9,13-14,17H,10,20H2. The minimum atomic E-state index is -0.332. The maximum atomic E-state index is 13.7. The maximum Gasteiger partial charge on any atom is 0.169 e. The molecule has 3 unspecified atom stereocenters. The van der Waals surface area contributed by atoms with Gasteiger partial charge in [0.2, 0.25) is 0 Å². The third-order valence-corrected chi connectivity index (χ3v) is 4.37. The molecule has 0 radical (unpaired) electrons. The Morgan fingerprint density at radius 2 is 1.90 bits per heavy atom. The van der Waals surface area contributed by atoms with Crippen LogP contribution in [-0.2, 0) is 0 Å². The molecule has 1 heterocycles. The second-order valence-corrected chi connectivity index (χ2v) is 5.75. The molecule has 2 N–H and O–H groups in total. The lowest BCUT2D eigenvalue weighted by Crippen LogP contribution is -2.12. The summed E-state index contributed by atoms with van der Waals surface area (Å²) in [5.74, 6) is 1.20. The van der Waals surface area contributed by atoms with Gasteiger partial charge in [-0.25, -0.2) is 4.39 Å². The smallest absolute Gasteiger partial charge is 0.169 e. The van der Waals surface area contributed by atoms with Crippen LogP contribution in [0.2, 0.25) is 0 Å². The molecule has 3 atom stereocenters. The first-order valence-corrected chi connectivity index (χ1v) is 7.22. The normalized spacial score (nSPS) is 22.4. The van der Waals surface area contributed by atoms with Crippen molar-refractivity contribution in [2.24, 2.45) is 11.7 Å². The lowest BCUT2D eigenvalue weighted by atomic mass is 10.0. The number of benzene rings is 2. The van der Waals surface area contributed by atoms with E-state index in [1.807, 2.05) is 30.3 Å². The number of nitrogens with two attached hydrogens (primary N) is 1. The second-order valence-electron chi connectivity index (χ2n) is 5.75. The van der Waals surface area contributed by atoms with Crippen LogP contribution in [0.3, 0.4) is 0 Å². The van der Waals surface area contributed by atoms with E-state index in [0.29, 0.717) is 23.2 Å². The van der Waals surface area contributed by atoms with Gasteiger partial charge in [0, 0.05) is 5.39 Å². The zero-order valence-electron chi connectivity index (χ0n) is 11.5. The van der Waals surface area contributed by atoms with E-state index in [1.165, 1.54) is 11.6 Å². The molecule has 4 rings (SSSR count). The largest absolute Gasteiger partial charge is 0.456 e. The summed E-state index contributed by atoms with van der Waals surface area (Å²) in [5, 5.41) is 0.775. The number of furan rings is 1. The SMILES string of the molecule is NC(c1cc2cccc(F)c2o1)C1CC1c1ccccc1. The fourth-order valence-electron chi connectivity index (χ4n) is 3.12. The van der Waals surface area contributed by atoms with Gasteiger partial charge in [0.1, 0.15) is 5.76 Å². The second kappa shape index (κ2) is 4.71. The van der Waals surface area contributed by atoms with Gasteiger partial charge in [0.15, 0.2) is 11.4 Å². The van der Waals surface area contributed by atoms with Crippen LogP contribution in [0.5, 0.6) is 0 Å². The summed E-state index contributed by atoms with van der Waals surface area (Å²) in [7, 11) is 0. The molecule has 2 nitrogen and oxygen atoms in total. The molecule has 1 fully saturated rings. The van der Waals surface area contributed by atoms with Crippen molar-refractivity contribution in [3.05, 3.63) is 71.7 Å². The number of halogens is 1. The van der Waals surface area contributed by atoms with Crippen molar-refractivity contribution in [1.29, 1.82) is 0 Å². The summed E-state index contributed by atoms with van der Waals surface area (Å²) in [6.45, 7) is 0. The third kappa shape index (κ3) is 2.14. The Kier molecular flexibility index (Phi) is 2.82. The van der Waals surface area contributed by atoms with Crippen molar-refractivity contribution in [3.63, 3.8) is 0 Å². The summed E-state index contributed by atoms with van der Waals surface area (Å²) < 4.78 is 19.3. The Balaban J connectivity index is 1.60. The molecule has 0 spiro atoms. The number of hydrogen-bond acceptors (Lipinski definition) is 2. The molecule has 1 saturated carbocycles. The molecular weight excluding hydrogens is 265 g/mol. The van der Waals surface area contributed by atoms with E-state index in [-0.39, 0.29) is 11.9 Å². The quantitative estimate of drug-likeness (QED) is 0.774. The minimum absolute atomic E-state index is 0.179. The predicted octanol–water partition coefficient (Wildman–Crippen LogP) is 4.38. The molecule has 1 aromatic heterocycles. The van der Waals surface area contributed by atoms with Crippen LogP contribution in [0, 0.1) is 11.7 Å². The summed E-state index contributed by atoms with van der Waals surface area (Å²) in [4.78, 5) is 0. The third-order valence-electron chi connectivity index (χ3n) is 4.37. The minimum Gasteiger partial charge on any atom is -0.456 e. The zero-order valence-corrected chi connectivity index (χ0v) is 11.5. The van der Waals surface area contributed by atoms with Gasteiger partial charge in [-0.1, -0.05) is 42.5 Å². The van der Waals surface area contributed by atoms with Crippen molar-refractivity contribution in [2.75, 3.05) is 0 Å². The fourth-order valence-corrected chi connectivity index (χ4v) is 3.12. The highest BCUT2D eigenvalue weighted by atomic mass is 19.1. The molecule has 0 bridgehead atoms. The monoisotopic (exact) mass is 281 g/mol. The lowest BCUT2D eigenvalue weighted by Gasteiger charge is -2.08. The Morgan fingerprint density at radius 3 is 2.67 bits per heavy atom. The van der Waals surface area contributed by atoms with Crippen LogP contribution in [0.1, 0.15) is 29.7 Å². The van der Waals surface area contributed by atoms with E-state index in [9.17, 15) is 4.39 Å². The van der Waals surface area contributed by atoms with Crippen molar-refractivity contribution < 1.29 is 8.81 Å². The summed E-state index contributed by atoms with van der Waals surface area (Å²) in [6, 6.07) is 17.0. The van der Waals surface area contributed by atoms with E-state index < -0.39 is 0 Å². The molecule has 21 heavy (non-hydrogen) atoms. The average Bonchev–Trinajstić information content (AvgIpc) is 3.19. The zero-order chi connectivity index (χ0) is 14.4. The van der Waals surface area contributed by atoms with Crippen LogP contribution >= 0.6 is 0 Å². The molecule has 0 amide bonds. The Morgan fingerprint density at radius 1 is 1.10 bits per heavy atom. The van der Waals surface area contributed by atoms with Crippen LogP contribution in [0.15, 0.2) is 59.0 Å². The van der Waals surface area contributed by atoms with Gasteiger partial charge in [0.05, 0.1) is 6.04 Å². The number of hydrogen-bond donors (Lipinski definition) is 1. The summed E-state index contributed by atoms with van der Waals surface area (Å²) in [5.41, 5.74) is 7.95. The van der Waals surface area contributed by atoms with Crippen molar-refractivity contribution >= 4 is 11.0 Å². The maximum absolute atomic E-state index is 13.7. The summed E-state index contributed by atoms with van der Waals surface area (Å²) in [6.07, 6.45) is 1.06. The van der Waals surface area contributed by atoms with Gasteiger partial charge in [0.25, 0.3) is 0 Å². The Hall–Kier alpha value is -2.13. The first-order valence-electron chi connectivity index (χ1n) is 7.22. The molecule has 0 aliphatic heterocycles. The fraction of sp³-hybridized carbons (Fsp3) is 0.222. The Bertz CT molecular complexity index is 780. The average molecular weight is 281 g/mol. The van der Waals surface area contributed by atoms with Crippen molar-refractivity contribution in [3.8, 4) is 0 Å². The molecular formula is C18H16FNO.